The van der Waals surface area contributed by atoms with Crippen molar-refractivity contribution < 1.29 is 4.39 Å². The van der Waals surface area contributed by atoms with E-state index in [1.165, 1.54) is 6.07 Å². The molecule has 0 aliphatic carbocycles. The Bertz CT molecular complexity index is 404. The van der Waals surface area contributed by atoms with Crippen LogP contribution in [0.5, 0.6) is 0 Å². The molecule has 1 aromatic carbocycles. The molecule has 1 aromatic rings. The SMILES string of the molecule is CC1(CN)CCN(CCc2c(F)cccc2Cl)C1. The number of halogens is 2. The molecule has 0 aromatic heterocycles. The monoisotopic (exact) mass is 270 g/mol. The fourth-order valence-electron chi connectivity index (χ4n) is 2.52. The molecule has 2 rings (SSSR count). The van der Waals surface area contributed by atoms with Gasteiger partial charge in [-0.25, -0.2) is 4.39 Å². The van der Waals surface area contributed by atoms with Gasteiger partial charge in [-0.3, -0.25) is 0 Å². The number of nitrogens with zero attached hydrogens (tertiary/aromatic N) is 1. The highest BCUT2D eigenvalue weighted by Crippen LogP contribution is 2.29. The van der Waals surface area contributed by atoms with Gasteiger partial charge in [-0.15, -0.1) is 0 Å². The van der Waals surface area contributed by atoms with Gasteiger partial charge in [0.05, 0.1) is 0 Å². The summed E-state index contributed by atoms with van der Waals surface area (Å²) in [7, 11) is 0. The predicted molar refractivity (Wildman–Crippen MR) is 73.3 cm³/mol. The fourth-order valence-corrected chi connectivity index (χ4v) is 2.78. The molecule has 0 spiro atoms. The van der Waals surface area contributed by atoms with E-state index in [4.69, 9.17) is 17.3 Å². The van der Waals surface area contributed by atoms with E-state index in [2.05, 4.69) is 11.8 Å². The summed E-state index contributed by atoms with van der Waals surface area (Å²) in [6.07, 6.45) is 1.78. The molecule has 4 heteroatoms. The highest BCUT2D eigenvalue weighted by Gasteiger charge is 2.32. The van der Waals surface area contributed by atoms with E-state index in [1.54, 1.807) is 12.1 Å². The topological polar surface area (TPSA) is 29.3 Å². The lowest BCUT2D eigenvalue weighted by molar-refractivity contribution is 0.282. The first-order valence-corrected chi connectivity index (χ1v) is 6.77. The molecule has 0 saturated carbocycles. The number of rotatable bonds is 4. The van der Waals surface area contributed by atoms with Gasteiger partial charge in [-0.1, -0.05) is 24.6 Å². The molecule has 1 aliphatic heterocycles. The summed E-state index contributed by atoms with van der Waals surface area (Å²) in [6.45, 7) is 5.80. The third-order valence-electron chi connectivity index (χ3n) is 3.87. The van der Waals surface area contributed by atoms with E-state index in [-0.39, 0.29) is 11.2 Å². The van der Waals surface area contributed by atoms with E-state index in [0.29, 0.717) is 23.6 Å². The van der Waals surface area contributed by atoms with Crippen molar-refractivity contribution in [2.24, 2.45) is 11.1 Å². The molecule has 1 atom stereocenters. The average Bonchev–Trinajstić information content (AvgIpc) is 2.72. The van der Waals surface area contributed by atoms with Crippen LogP contribution in [0.1, 0.15) is 18.9 Å². The van der Waals surface area contributed by atoms with Crippen LogP contribution in [0.4, 0.5) is 4.39 Å². The first-order valence-electron chi connectivity index (χ1n) is 6.39. The van der Waals surface area contributed by atoms with E-state index in [9.17, 15) is 4.39 Å². The second kappa shape index (κ2) is 5.55. The van der Waals surface area contributed by atoms with Crippen LogP contribution in [0.15, 0.2) is 18.2 Å². The maximum atomic E-state index is 13.6. The lowest BCUT2D eigenvalue weighted by Crippen LogP contribution is -2.32. The lowest BCUT2D eigenvalue weighted by Gasteiger charge is -2.22. The molecule has 0 bridgehead atoms. The molecular formula is C14H20ClFN2. The molecule has 2 nitrogen and oxygen atoms in total. The highest BCUT2D eigenvalue weighted by molar-refractivity contribution is 6.31. The van der Waals surface area contributed by atoms with E-state index in [0.717, 1.165) is 26.1 Å². The molecule has 1 saturated heterocycles. The van der Waals surface area contributed by atoms with Gasteiger partial charge in [0.2, 0.25) is 0 Å². The third kappa shape index (κ3) is 3.02. The largest absolute Gasteiger partial charge is 0.330 e. The van der Waals surface area contributed by atoms with Gasteiger partial charge in [-0.2, -0.15) is 0 Å². The summed E-state index contributed by atoms with van der Waals surface area (Å²) in [4.78, 5) is 2.34. The molecular weight excluding hydrogens is 251 g/mol. The molecule has 1 heterocycles. The van der Waals surface area contributed by atoms with Gasteiger partial charge in [0, 0.05) is 23.7 Å². The lowest BCUT2D eigenvalue weighted by atomic mass is 9.90. The zero-order chi connectivity index (χ0) is 13.2. The molecule has 18 heavy (non-hydrogen) atoms. The predicted octanol–water partition coefficient (Wildman–Crippen LogP) is 2.69. The van der Waals surface area contributed by atoms with Crippen molar-refractivity contribution in [1.82, 2.24) is 4.90 Å². The van der Waals surface area contributed by atoms with Crippen molar-refractivity contribution in [3.8, 4) is 0 Å². The number of likely N-dealkylation sites (tertiary alicyclic amines) is 1. The van der Waals surface area contributed by atoms with Gasteiger partial charge in [-0.05, 0) is 43.5 Å². The highest BCUT2D eigenvalue weighted by atomic mass is 35.5. The summed E-state index contributed by atoms with van der Waals surface area (Å²) >= 11 is 6.02. The molecule has 0 radical (unpaired) electrons. The van der Waals surface area contributed by atoms with Crippen LogP contribution in [0, 0.1) is 11.2 Å². The van der Waals surface area contributed by atoms with Crippen LogP contribution in [0.3, 0.4) is 0 Å². The van der Waals surface area contributed by atoms with Gasteiger partial charge >= 0.3 is 0 Å². The first-order chi connectivity index (χ1) is 8.54. The number of nitrogens with two attached hydrogens (primary N) is 1. The Kier molecular flexibility index (Phi) is 4.25. The minimum Gasteiger partial charge on any atom is -0.330 e. The zero-order valence-electron chi connectivity index (χ0n) is 10.8. The van der Waals surface area contributed by atoms with Gasteiger partial charge in [0.25, 0.3) is 0 Å². The molecule has 2 N–H and O–H groups in total. The van der Waals surface area contributed by atoms with Gasteiger partial charge in [0.1, 0.15) is 5.82 Å². The summed E-state index contributed by atoms with van der Waals surface area (Å²) in [6, 6.07) is 4.85. The van der Waals surface area contributed by atoms with Crippen molar-refractivity contribution in [2.45, 2.75) is 19.8 Å². The van der Waals surface area contributed by atoms with Crippen molar-refractivity contribution >= 4 is 11.6 Å². The quantitative estimate of drug-likeness (QED) is 0.912. The summed E-state index contributed by atoms with van der Waals surface area (Å²) in [5.74, 6) is -0.205. The molecule has 0 amide bonds. The Balaban J connectivity index is 1.93. The van der Waals surface area contributed by atoms with Crippen LogP contribution in [0.25, 0.3) is 0 Å². The number of benzene rings is 1. The van der Waals surface area contributed by atoms with Crippen molar-refractivity contribution in [2.75, 3.05) is 26.2 Å². The van der Waals surface area contributed by atoms with Crippen LogP contribution >= 0.6 is 11.6 Å². The Hall–Kier alpha value is -0.640. The smallest absolute Gasteiger partial charge is 0.127 e. The maximum Gasteiger partial charge on any atom is 0.127 e. The molecule has 1 aliphatic rings. The summed E-state index contributed by atoms with van der Waals surface area (Å²) < 4.78 is 13.6. The first kappa shape index (κ1) is 13.8. The van der Waals surface area contributed by atoms with E-state index in [1.807, 2.05) is 0 Å². The molecule has 1 fully saturated rings. The zero-order valence-corrected chi connectivity index (χ0v) is 11.5. The van der Waals surface area contributed by atoms with E-state index < -0.39 is 0 Å². The second-order valence-electron chi connectivity index (χ2n) is 5.49. The Morgan fingerprint density at radius 1 is 1.50 bits per heavy atom. The van der Waals surface area contributed by atoms with Gasteiger partial charge < -0.3 is 10.6 Å². The number of hydrogen-bond donors (Lipinski definition) is 1. The third-order valence-corrected chi connectivity index (χ3v) is 4.22. The standard InChI is InChI=1S/C14H20ClFN2/c1-14(9-17)6-8-18(10-14)7-5-11-12(15)3-2-4-13(11)16/h2-4H,5-10,17H2,1H3. The maximum absolute atomic E-state index is 13.6. The molecule has 100 valence electrons. The normalized spacial score (nSPS) is 24.7. The van der Waals surface area contributed by atoms with Crippen molar-refractivity contribution in [3.63, 3.8) is 0 Å². The Labute approximate surface area is 113 Å². The summed E-state index contributed by atoms with van der Waals surface area (Å²) in [5, 5.41) is 0.524. The van der Waals surface area contributed by atoms with Gasteiger partial charge in [0.15, 0.2) is 0 Å². The van der Waals surface area contributed by atoms with E-state index >= 15 is 0 Å². The van der Waals surface area contributed by atoms with Crippen molar-refractivity contribution in [3.05, 3.63) is 34.6 Å². The second-order valence-corrected chi connectivity index (χ2v) is 5.90. The minimum atomic E-state index is -0.205. The van der Waals surface area contributed by atoms with Crippen LogP contribution < -0.4 is 5.73 Å². The average molecular weight is 271 g/mol. The minimum absolute atomic E-state index is 0.205. The van der Waals surface area contributed by atoms with Crippen LogP contribution in [0.2, 0.25) is 5.02 Å². The van der Waals surface area contributed by atoms with Crippen LogP contribution in [-0.4, -0.2) is 31.1 Å². The Morgan fingerprint density at radius 3 is 2.89 bits per heavy atom. The Morgan fingerprint density at radius 2 is 2.28 bits per heavy atom. The van der Waals surface area contributed by atoms with Crippen LogP contribution in [-0.2, 0) is 6.42 Å². The number of hydrogen-bond acceptors (Lipinski definition) is 2. The fraction of sp³-hybridized carbons (Fsp3) is 0.571. The van der Waals surface area contributed by atoms with Crippen molar-refractivity contribution in [1.29, 1.82) is 0 Å². The summed E-state index contributed by atoms with van der Waals surface area (Å²) in [5.41, 5.74) is 6.62. The molecule has 1 unspecified atom stereocenters.